The second kappa shape index (κ2) is 2.64. The first-order chi connectivity index (χ1) is 4.67. The van der Waals surface area contributed by atoms with Crippen molar-refractivity contribution < 1.29 is 0 Å². The van der Waals surface area contributed by atoms with Gasteiger partial charge in [-0.05, 0) is 32.6 Å². The van der Waals surface area contributed by atoms with Gasteiger partial charge in [-0.15, -0.1) is 6.42 Å². The van der Waals surface area contributed by atoms with E-state index in [9.17, 15) is 0 Å². The van der Waals surface area contributed by atoms with Gasteiger partial charge in [-0.1, -0.05) is 5.92 Å². The Morgan fingerprint density at radius 3 is 2.60 bits per heavy atom. The van der Waals surface area contributed by atoms with E-state index >= 15 is 0 Å². The molecule has 1 N–H and O–H groups in total. The molecule has 0 aromatic rings. The van der Waals surface area contributed by atoms with Crippen LogP contribution in [-0.2, 0) is 0 Å². The maximum atomic E-state index is 5.14. The van der Waals surface area contributed by atoms with Gasteiger partial charge >= 0.3 is 0 Å². The molecule has 1 heteroatoms. The van der Waals surface area contributed by atoms with E-state index < -0.39 is 0 Å². The summed E-state index contributed by atoms with van der Waals surface area (Å²) in [5.74, 6) is 3.46. The minimum atomic E-state index is 0.270. The van der Waals surface area contributed by atoms with Gasteiger partial charge in [0.1, 0.15) is 0 Å². The van der Waals surface area contributed by atoms with Crippen LogP contribution in [0.1, 0.15) is 26.7 Å². The van der Waals surface area contributed by atoms with Crippen molar-refractivity contribution in [2.75, 3.05) is 6.54 Å². The molecule has 0 aromatic heterocycles. The molecular weight excluding hydrogens is 122 g/mol. The molecule has 0 bridgehead atoms. The Hall–Kier alpha value is -0.480. The quantitative estimate of drug-likeness (QED) is 0.580. The van der Waals surface area contributed by atoms with Crippen LogP contribution in [0.15, 0.2) is 0 Å². The van der Waals surface area contributed by atoms with Crippen LogP contribution >= 0.6 is 0 Å². The summed E-state index contributed by atoms with van der Waals surface area (Å²) < 4.78 is 0. The van der Waals surface area contributed by atoms with Crippen LogP contribution in [-0.4, -0.2) is 12.1 Å². The molecule has 1 aliphatic rings. The zero-order valence-electron chi connectivity index (χ0n) is 6.78. The van der Waals surface area contributed by atoms with Crippen LogP contribution in [0.4, 0.5) is 0 Å². The highest BCUT2D eigenvalue weighted by Crippen LogP contribution is 2.38. The van der Waals surface area contributed by atoms with Gasteiger partial charge in [-0.3, -0.25) is 0 Å². The Morgan fingerprint density at radius 2 is 2.20 bits per heavy atom. The largest absolute Gasteiger partial charge is 0.301 e. The van der Waals surface area contributed by atoms with Crippen molar-refractivity contribution in [3.63, 3.8) is 0 Å². The second-order valence-electron chi connectivity index (χ2n) is 3.55. The predicted molar refractivity (Wildman–Crippen MR) is 43.6 cm³/mol. The van der Waals surface area contributed by atoms with Crippen LogP contribution in [0.2, 0.25) is 0 Å². The molecule has 10 heavy (non-hydrogen) atoms. The molecule has 1 nitrogen and oxygen atoms in total. The summed E-state index contributed by atoms with van der Waals surface area (Å²) >= 11 is 0. The van der Waals surface area contributed by atoms with Gasteiger partial charge in [-0.25, -0.2) is 0 Å². The van der Waals surface area contributed by atoms with Gasteiger partial charge in [-0.2, -0.15) is 0 Å². The van der Waals surface area contributed by atoms with E-state index in [1.807, 2.05) is 0 Å². The molecule has 0 heterocycles. The summed E-state index contributed by atoms with van der Waals surface area (Å²) in [7, 11) is 0. The van der Waals surface area contributed by atoms with Crippen molar-refractivity contribution in [1.29, 1.82) is 0 Å². The molecule has 0 radical (unpaired) electrons. The molecule has 1 fully saturated rings. The summed E-state index contributed by atoms with van der Waals surface area (Å²) in [6.07, 6.45) is 7.88. The van der Waals surface area contributed by atoms with Crippen molar-refractivity contribution in [2.45, 2.75) is 32.2 Å². The van der Waals surface area contributed by atoms with E-state index in [4.69, 9.17) is 6.42 Å². The third kappa shape index (κ3) is 1.75. The number of rotatable bonds is 3. The first-order valence-corrected chi connectivity index (χ1v) is 3.85. The molecule has 0 saturated heterocycles. The fraction of sp³-hybridized carbons (Fsp3) is 0.778. The maximum Gasteiger partial charge on any atom is 0.0577 e. The van der Waals surface area contributed by atoms with E-state index in [0.717, 1.165) is 5.92 Å². The van der Waals surface area contributed by atoms with Crippen LogP contribution < -0.4 is 5.32 Å². The van der Waals surface area contributed by atoms with E-state index in [2.05, 4.69) is 25.1 Å². The smallest absolute Gasteiger partial charge is 0.0577 e. The lowest BCUT2D eigenvalue weighted by molar-refractivity contribution is 0.359. The van der Waals surface area contributed by atoms with Gasteiger partial charge < -0.3 is 5.32 Å². The van der Waals surface area contributed by atoms with Crippen molar-refractivity contribution >= 4 is 0 Å². The van der Waals surface area contributed by atoms with Crippen LogP contribution in [0.3, 0.4) is 0 Å². The number of nitrogens with one attached hydrogen (secondary N) is 1. The van der Waals surface area contributed by atoms with Gasteiger partial charge in [0.25, 0.3) is 0 Å². The van der Waals surface area contributed by atoms with E-state index in [-0.39, 0.29) is 5.54 Å². The Balaban J connectivity index is 2.29. The Kier molecular flexibility index (Phi) is 2.01. The number of hydrogen-bond acceptors (Lipinski definition) is 1. The highest BCUT2D eigenvalue weighted by atomic mass is 15.0. The lowest BCUT2D eigenvalue weighted by Gasteiger charge is -2.24. The van der Waals surface area contributed by atoms with Crippen LogP contribution in [0, 0.1) is 18.3 Å². The molecule has 0 aliphatic heterocycles. The average Bonchev–Trinajstić information content (AvgIpc) is 2.64. The topological polar surface area (TPSA) is 12.0 Å². The maximum absolute atomic E-state index is 5.14. The standard InChI is InChI=1S/C9H15N/c1-4-7-10-9(2,3)8-5-6-8/h1,8,10H,5-7H2,2-3H3. The Morgan fingerprint density at radius 1 is 1.60 bits per heavy atom. The normalized spacial score (nSPS) is 18.5. The summed E-state index contributed by atoms with van der Waals surface area (Å²) in [5, 5.41) is 3.33. The molecular formula is C9H15N. The van der Waals surface area contributed by atoms with Gasteiger partial charge in [0.2, 0.25) is 0 Å². The highest BCUT2D eigenvalue weighted by molar-refractivity contribution is 4.98. The monoisotopic (exact) mass is 137 g/mol. The van der Waals surface area contributed by atoms with Gasteiger partial charge in [0.05, 0.1) is 6.54 Å². The van der Waals surface area contributed by atoms with E-state index in [1.54, 1.807) is 0 Å². The van der Waals surface area contributed by atoms with Crippen molar-refractivity contribution in [3.8, 4) is 12.3 Å². The second-order valence-corrected chi connectivity index (χ2v) is 3.55. The van der Waals surface area contributed by atoms with Crippen molar-refractivity contribution in [3.05, 3.63) is 0 Å². The molecule has 1 saturated carbocycles. The minimum Gasteiger partial charge on any atom is -0.301 e. The lowest BCUT2D eigenvalue weighted by atomic mass is 9.99. The first kappa shape index (κ1) is 7.63. The molecule has 0 unspecified atom stereocenters. The Labute approximate surface area is 63.2 Å². The first-order valence-electron chi connectivity index (χ1n) is 3.85. The molecule has 56 valence electrons. The molecule has 0 atom stereocenters. The van der Waals surface area contributed by atoms with Crippen LogP contribution in [0.25, 0.3) is 0 Å². The summed E-state index contributed by atoms with van der Waals surface area (Å²) in [4.78, 5) is 0. The minimum absolute atomic E-state index is 0.270. The number of hydrogen-bond donors (Lipinski definition) is 1. The third-order valence-corrected chi connectivity index (χ3v) is 2.24. The van der Waals surface area contributed by atoms with E-state index in [1.165, 1.54) is 12.8 Å². The van der Waals surface area contributed by atoms with Crippen molar-refractivity contribution in [1.82, 2.24) is 5.32 Å². The summed E-state index contributed by atoms with van der Waals surface area (Å²) in [6.45, 7) is 5.15. The van der Waals surface area contributed by atoms with Gasteiger partial charge in [0.15, 0.2) is 0 Å². The van der Waals surface area contributed by atoms with Crippen molar-refractivity contribution in [2.24, 2.45) is 5.92 Å². The molecule has 0 spiro atoms. The Bertz CT molecular complexity index is 149. The lowest BCUT2D eigenvalue weighted by Crippen LogP contribution is -2.41. The molecule has 0 amide bonds. The molecule has 0 aromatic carbocycles. The zero-order valence-corrected chi connectivity index (χ0v) is 6.78. The fourth-order valence-corrected chi connectivity index (χ4v) is 1.23. The fourth-order valence-electron chi connectivity index (χ4n) is 1.23. The molecule has 1 rings (SSSR count). The van der Waals surface area contributed by atoms with Gasteiger partial charge in [0, 0.05) is 5.54 Å². The number of terminal acetylenes is 1. The SMILES string of the molecule is C#CCNC(C)(C)C1CC1. The predicted octanol–water partition coefficient (Wildman–Crippen LogP) is 1.40. The summed E-state index contributed by atoms with van der Waals surface area (Å²) in [6, 6.07) is 0. The third-order valence-electron chi connectivity index (χ3n) is 2.24. The van der Waals surface area contributed by atoms with E-state index in [0.29, 0.717) is 6.54 Å². The summed E-state index contributed by atoms with van der Waals surface area (Å²) in [5.41, 5.74) is 0.270. The van der Waals surface area contributed by atoms with Crippen LogP contribution in [0.5, 0.6) is 0 Å². The zero-order chi connectivity index (χ0) is 7.61. The molecule has 1 aliphatic carbocycles. The highest BCUT2D eigenvalue weighted by Gasteiger charge is 2.36. The average molecular weight is 137 g/mol.